The van der Waals surface area contributed by atoms with Crippen molar-refractivity contribution < 1.29 is 40.6 Å². The number of hydrogen-bond donors (Lipinski definition) is 1. The van der Waals surface area contributed by atoms with Gasteiger partial charge in [0.25, 0.3) is 0 Å². The van der Waals surface area contributed by atoms with Gasteiger partial charge in [-0.05, 0) is 63.0 Å². The van der Waals surface area contributed by atoms with Crippen molar-refractivity contribution in [2.45, 2.75) is 51.2 Å². The van der Waals surface area contributed by atoms with E-state index in [1.54, 1.807) is 22.5 Å². The summed E-state index contributed by atoms with van der Waals surface area (Å²) >= 11 is 0. The lowest BCUT2D eigenvalue weighted by atomic mass is 9.78. The van der Waals surface area contributed by atoms with Gasteiger partial charge in [-0.3, -0.25) is 4.90 Å². The molecule has 1 aromatic carbocycles. The number of para-hydroxylation sites is 1. The number of halogens is 3. The molecule has 37 heavy (non-hydrogen) atoms. The number of alkyl halides is 3. The fraction of sp³-hybridized carbons (Fsp3) is 0.560. The van der Waals surface area contributed by atoms with Crippen molar-refractivity contribution in [1.82, 2.24) is 9.21 Å². The summed E-state index contributed by atoms with van der Waals surface area (Å²) in [5.74, 6) is -0.117. The number of likely N-dealkylation sites (tertiary alicyclic amines) is 1. The summed E-state index contributed by atoms with van der Waals surface area (Å²) < 4.78 is 72.2. The van der Waals surface area contributed by atoms with E-state index in [-0.39, 0.29) is 16.2 Å². The number of rotatable bonds is 4. The third-order valence-electron chi connectivity index (χ3n) is 6.42. The van der Waals surface area contributed by atoms with Gasteiger partial charge in [0.15, 0.2) is 0 Å². The van der Waals surface area contributed by atoms with Gasteiger partial charge in [-0.15, -0.1) is 0 Å². The van der Waals surface area contributed by atoms with Crippen LogP contribution in [0.5, 0.6) is 5.75 Å². The number of furan rings is 1. The Balaban J connectivity index is 0.000000479. The van der Waals surface area contributed by atoms with Crippen molar-refractivity contribution in [1.29, 1.82) is 0 Å². The second-order valence-corrected chi connectivity index (χ2v) is 11.9. The zero-order valence-electron chi connectivity index (χ0n) is 21.1. The molecule has 2 aliphatic heterocycles. The second-order valence-electron chi connectivity index (χ2n) is 10.0. The fourth-order valence-electron chi connectivity index (χ4n) is 4.51. The molecule has 0 atom stereocenters. The summed E-state index contributed by atoms with van der Waals surface area (Å²) in [5.41, 5.74) is -0.176. The molecule has 0 radical (unpaired) electrons. The highest BCUT2D eigenvalue weighted by Crippen LogP contribution is 2.39. The number of carboxylic acids is 1. The van der Waals surface area contributed by atoms with Crippen LogP contribution in [0, 0.1) is 18.3 Å². The van der Waals surface area contributed by atoms with Gasteiger partial charge in [0.05, 0.1) is 13.2 Å². The first kappa shape index (κ1) is 29.0. The molecule has 1 fully saturated rings. The Morgan fingerprint density at radius 2 is 1.76 bits per heavy atom. The number of nitrogens with zero attached hydrogens (tertiary/aromatic N) is 2. The van der Waals surface area contributed by atoms with E-state index in [1.165, 1.54) is 0 Å². The van der Waals surface area contributed by atoms with E-state index < -0.39 is 22.2 Å². The van der Waals surface area contributed by atoms with Crippen LogP contribution in [0.2, 0.25) is 0 Å². The smallest absolute Gasteiger partial charge is 0.490 e. The minimum Gasteiger partial charge on any atom is -0.492 e. The lowest BCUT2D eigenvalue weighted by molar-refractivity contribution is -0.192. The van der Waals surface area contributed by atoms with Gasteiger partial charge < -0.3 is 14.3 Å². The number of fused-ring (bicyclic) bond motifs is 1. The van der Waals surface area contributed by atoms with E-state index in [9.17, 15) is 21.6 Å². The average Bonchev–Trinajstić information content (AvgIpc) is 3.22. The van der Waals surface area contributed by atoms with Gasteiger partial charge in [0.2, 0.25) is 10.0 Å². The second kappa shape index (κ2) is 11.4. The molecule has 1 aromatic heterocycles. The van der Waals surface area contributed by atoms with Crippen molar-refractivity contribution in [2.75, 3.05) is 32.8 Å². The van der Waals surface area contributed by atoms with E-state index >= 15 is 0 Å². The number of piperidine rings is 1. The Morgan fingerprint density at radius 3 is 2.30 bits per heavy atom. The SMILES string of the molecule is Cc1ccc(CN2CCC3(CC2)COc2ccccc2S(=O)(=O)N(CC(C)C)C3)o1.O=C(O)C(F)(F)F. The molecule has 1 N–H and O–H groups in total. The van der Waals surface area contributed by atoms with Crippen molar-refractivity contribution in [3.8, 4) is 5.75 Å². The van der Waals surface area contributed by atoms with Crippen LogP contribution in [0.25, 0.3) is 0 Å². The van der Waals surface area contributed by atoms with E-state index in [0.29, 0.717) is 25.4 Å². The maximum absolute atomic E-state index is 13.5. The Morgan fingerprint density at radius 1 is 1.14 bits per heavy atom. The molecule has 8 nitrogen and oxygen atoms in total. The predicted molar refractivity (Wildman–Crippen MR) is 130 cm³/mol. The minimum absolute atomic E-state index is 0.176. The average molecular weight is 547 g/mol. The number of sulfonamides is 1. The monoisotopic (exact) mass is 546 g/mol. The predicted octanol–water partition coefficient (Wildman–Crippen LogP) is 4.54. The molecular formula is C25H33F3N2O6S. The number of aryl methyl sites for hydroxylation is 1. The molecule has 1 saturated heterocycles. The maximum atomic E-state index is 13.5. The molecule has 0 bridgehead atoms. The molecule has 206 valence electrons. The molecule has 0 unspecified atom stereocenters. The highest BCUT2D eigenvalue weighted by Gasteiger charge is 2.43. The Labute approximate surface area is 215 Å². The molecule has 12 heteroatoms. The number of hydrogen-bond acceptors (Lipinski definition) is 6. The third kappa shape index (κ3) is 7.48. The molecule has 2 aromatic rings. The lowest BCUT2D eigenvalue weighted by Gasteiger charge is -2.45. The minimum atomic E-state index is -5.08. The highest BCUT2D eigenvalue weighted by atomic mass is 32.2. The van der Waals surface area contributed by atoms with E-state index in [4.69, 9.17) is 19.1 Å². The van der Waals surface area contributed by atoms with Gasteiger partial charge in [-0.25, -0.2) is 13.2 Å². The largest absolute Gasteiger partial charge is 0.492 e. The molecule has 2 aliphatic rings. The molecule has 3 heterocycles. The standard InChI is InChI=1S/C23H32N2O4S.C2HF3O2/c1-18(2)14-25-16-23(17-28-21-6-4-5-7-22(21)30(25,26)27)10-12-24(13-11-23)15-20-9-8-19(3)29-20;3-2(4,5)1(6)7/h4-9,18H,10-17H2,1-3H3;(H,6,7). The van der Waals surface area contributed by atoms with Crippen LogP contribution >= 0.6 is 0 Å². The topological polar surface area (TPSA) is 100 Å². The summed E-state index contributed by atoms with van der Waals surface area (Å²) in [4.78, 5) is 11.6. The summed E-state index contributed by atoms with van der Waals surface area (Å²) in [7, 11) is -3.59. The number of benzene rings is 1. The molecule has 0 saturated carbocycles. The molecule has 0 aliphatic carbocycles. The van der Waals surface area contributed by atoms with Crippen molar-refractivity contribution in [3.63, 3.8) is 0 Å². The number of ether oxygens (including phenoxy) is 1. The van der Waals surface area contributed by atoms with Gasteiger partial charge in [-0.1, -0.05) is 26.0 Å². The van der Waals surface area contributed by atoms with Crippen LogP contribution in [-0.4, -0.2) is 67.7 Å². The molecule has 1 spiro atoms. The van der Waals surface area contributed by atoms with Crippen molar-refractivity contribution >= 4 is 16.0 Å². The van der Waals surface area contributed by atoms with Crippen LogP contribution in [0.4, 0.5) is 13.2 Å². The first-order valence-electron chi connectivity index (χ1n) is 12.0. The Kier molecular flexibility index (Phi) is 8.97. The van der Waals surface area contributed by atoms with Gasteiger partial charge in [-0.2, -0.15) is 17.5 Å². The Hall–Kier alpha value is -2.57. The van der Waals surface area contributed by atoms with E-state index in [0.717, 1.165) is 44.0 Å². The summed E-state index contributed by atoms with van der Waals surface area (Å²) in [6.45, 7) is 10.3. The van der Waals surface area contributed by atoms with Gasteiger partial charge >= 0.3 is 12.1 Å². The maximum Gasteiger partial charge on any atom is 0.490 e. The van der Waals surface area contributed by atoms with Crippen LogP contribution in [-0.2, 0) is 21.4 Å². The third-order valence-corrected chi connectivity index (χ3v) is 8.27. The van der Waals surface area contributed by atoms with Crippen molar-refractivity contribution in [3.05, 3.63) is 47.9 Å². The zero-order chi connectivity index (χ0) is 27.4. The molecular weight excluding hydrogens is 513 g/mol. The zero-order valence-corrected chi connectivity index (χ0v) is 21.9. The Bertz CT molecular complexity index is 1170. The van der Waals surface area contributed by atoms with Crippen LogP contribution in [0.3, 0.4) is 0 Å². The lowest BCUT2D eigenvalue weighted by Crippen LogP contribution is -2.52. The molecule has 4 rings (SSSR count). The quantitative estimate of drug-likeness (QED) is 0.601. The van der Waals surface area contributed by atoms with Crippen molar-refractivity contribution in [2.24, 2.45) is 11.3 Å². The van der Waals surface area contributed by atoms with Crippen LogP contribution in [0.15, 0.2) is 45.7 Å². The molecule has 0 amide bonds. The van der Waals surface area contributed by atoms with Crippen LogP contribution < -0.4 is 4.74 Å². The normalized spacial score (nSPS) is 19.8. The highest BCUT2D eigenvalue weighted by molar-refractivity contribution is 7.89. The first-order valence-corrected chi connectivity index (χ1v) is 13.5. The first-order chi connectivity index (χ1) is 17.2. The van der Waals surface area contributed by atoms with Gasteiger partial charge in [0, 0.05) is 18.5 Å². The number of aliphatic carboxylic acids is 1. The summed E-state index contributed by atoms with van der Waals surface area (Å²) in [6, 6.07) is 11.1. The summed E-state index contributed by atoms with van der Waals surface area (Å²) in [5, 5.41) is 7.12. The summed E-state index contributed by atoms with van der Waals surface area (Å²) in [6.07, 6.45) is -3.28. The van der Waals surface area contributed by atoms with Crippen LogP contribution in [0.1, 0.15) is 38.2 Å². The fourth-order valence-corrected chi connectivity index (χ4v) is 6.35. The number of carbonyl (C=O) groups is 1. The number of carboxylic acid groups (broad SMARTS) is 1. The van der Waals surface area contributed by atoms with Gasteiger partial charge in [0.1, 0.15) is 22.2 Å². The van der Waals surface area contributed by atoms with E-state index in [2.05, 4.69) is 18.7 Å². The van der Waals surface area contributed by atoms with E-state index in [1.807, 2.05) is 25.1 Å².